The Balaban J connectivity index is 1.95. The first kappa shape index (κ1) is 12.5. The lowest BCUT2D eigenvalue weighted by atomic mass is 10.1. The van der Waals surface area contributed by atoms with E-state index < -0.39 is 0 Å². The summed E-state index contributed by atoms with van der Waals surface area (Å²) in [6.45, 7) is 1.82. The number of nitrogens with zero attached hydrogens (tertiary/aromatic N) is 1. The van der Waals surface area contributed by atoms with Crippen molar-refractivity contribution in [3.8, 4) is 0 Å². The SMILES string of the molecule is O=C1CCN(CC(=O)c2cccc(Br)c2)CC1. The number of hydrogen-bond acceptors (Lipinski definition) is 3. The quantitative estimate of drug-likeness (QED) is 0.803. The molecule has 0 atom stereocenters. The van der Waals surface area contributed by atoms with E-state index in [1.165, 1.54) is 0 Å². The van der Waals surface area contributed by atoms with Gasteiger partial charge in [0.15, 0.2) is 5.78 Å². The fourth-order valence-electron chi connectivity index (χ4n) is 1.92. The van der Waals surface area contributed by atoms with Gasteiger partial charge in [0.25, 0.3) is 0 Å². The van der Waals surface area contributed by atoms with Gasteiger partial charge in [-0.05, 0) is 12.1 Å². The molecular weight excluding hydrogens is 282 g/mol. The average molecular weight is 296 g/mol. The largest absolute Gasteiger partial charge is 0.300 e. The maximum atomic E-state index is 12.0. The zero-order valence-electron chi connectivity index (χ0n) is 9.49. The van der Waals surface area contributed by atoms with Gasteiger partial charge >= 0.3 is 0 Å². The highest BCUT2D eigenvalue weighted by Gasteiger charge is 2.18. The second kappa shape index (κ2) is 5.56. The summed E-state index contributed by atoms with van der Waals surface area (Å²) in [6.07, 6.45) is 1.15. The van der Waals surface area contributed by atoms with Crippen LogP contribution in [0.3, 0.4) is 0 Å². The first-order chi connectivity index (χ1) is 8.15. The van der Waals surface area contributed by atoms with E-state index in [0.717, 1.165) is 10.0 Å². The van der Waals surface area contributed by atoms with Gasteiger partial charge in [0.2, 0.25) is 0 Å². The fraction of sp³-hybridized carbons (Fsp3) is 0.385. The van der Waals surface area contributed by atoms with Crippen molar-refractivity contribution >= 4 is 27.5 Å². The van der Waals surface area contributed by atoms with Crippen LogP contribution >= 0.6 is 15.9 Å². The number of piperidine rings is 1. The van der Waals surface area contributed by atoms with Crippen molar-refractivity contribution in [2.24, 2.45) is 0 Å². The average Bonchev–Trinajstić information content (AvgIpc) is 2.32. The summed E-state index contributed by atoms with van der Waals surface area (Å²) in [5, 5.41) is 0. The van der Waals surface area contributed by atoms with E-state index in [4.69, 9.17) is 0 Å². The van der Waals surface area contributed by atoms with E-state index in [9.17, 15) is 9.59 Å². The number of likely N-dealkylation sites (tertiary alicyclic amines) is 1. The standard InChI is InChI=1S/C13H14BrNO2/c14-11-3-1-2-10(8-11)13(17)9-15-6-4-12(16)5-7-15/h1-3,8H,4-7,9H2. The van der Waals surface area contributed by atoms with Crippen LogP contribution in [0.4, 0.5) is 0 Å². The molecule has 0 bridgehead atoms. The van der Waals surface area contributed by atoms with E-state index in [1.54, 1.807) is 0 Å². The van der Waals surface area contributed by atoms with E-state index in [-0.39, 0.29) is 5.78 Å². The number of carbonyl (C=O) groups excluding carboxylic acids is 2. The third-order valence-electron chi connectivity index (χ3n) is 2.93. The zero-order chi connectivity index (χ0) is 12.3. The van der Waals surface area contributed by atoms with Crippen LogP contribution in [0.2, 0.25) is 0 Å². The number of carbonyl (C=O) groups is 2. The molecule has 1 aromatic carbocycles. The van der Waals surface area contributed by atoms with Crippen molar-refractivity contribution in [2.45, 2.75) is 12.8 Å². The van der Waals surface area contributed by atoms with Gasteiger partial charge in [-0.3, -0.25) is 14.5 Å². The summed E-state index contributed by atoms with van der Waals surface area (Å²) in [6, 6.07) is 7.41. The number of rotatable bonds is 3. The van der Waals surface area contributed by atoms with Gasteiger partial charge in [-0.2, -0.15) is 0 Å². The molecule has 1 aliphatic heterocycles. The highest BCUT2D eigenvalue weighted by molar-refractivity contribution is 9.10. The minimum atomic E-state index is 0.112. The van der Waals surface area contributed by atoms with Crippen LogP contribution in [0.1, 0.15) is 23.2 Å². The number of ketones is 2. The van der Waals surface area contributed by atoms with Gasteiger partial charge in [0.05, 0.1) is 6.54 Å². The summed E-state index contributed by atoms with van der Waals surface area (Å²) in [5.74, 6) is 0.414. The van der Waals surface area contributed by atoms with Gasteiger partial charge in [-0.1, -0.05) is 28.1 Å². The van der Waals surface area contributed by atoms with E-state index in [2.05, 4.69) is 15.9 Å². The molecule has 0 aliphatic carbocycles. The molecule has 0 spiro atoms. The lowest BCUT2D eigenvalue weighted by Crippen LogP contribution is -2.37. The summed E-state index contributed by atoms with van der Waals surface area (Å²) < 4.78 is 0.914. The van der Waals surface area contributed by atoms with Gasteiger partial charge in [0, 0.05) is 36.0 Å². The molecule has 1 fully saturated rings. The van der Waals surface area contributed by atoms with Gasteiger partial charge < -0.3 is 0 Å². The summed E-state index contributed by atoms with van der Waals surface area (Å²) in [7, 11) is 0. The van der Waals surface area contributed by atoms with Crippen LogP contribution in [0.25, 0.3) is 0 Å². The number of Topliss-reactive ketones (excluding diaryl/α,β-unsaturated/α-hetero) is 2. The van der Waals surface area contributed by atoms with E-state index in [0.29, 0.717) is 38.3 Å². The molecule has 0 unspecified atom stereocenters. The maximum Gasteiger partial charge on any atom is 0.176 e. The maximum absolute atomic E-state index is 12.0. The van der Waals surface area contributed by atoms with Gasteiger partial charge in [-0.15, -0.1) is 0 Å². The highest BCUT2D eigenvalue weighted by atomic mass is 79.9. The predicted molar refractivity (Wildman–Crippen MR) is 69.2 cm³/mol. The highest BCUT2D eigenvalue weighted by Crippen LogP contribution is 2.13. The second-order valence-corrected chi connectivity index (χ2v) is 5.16. The molecule has 1 aliphatic rings. The Kier molecular flexibility index (Phi) is 4.07. The monoisotopic (exact) mass is 295 g/mol. The van der Waals surface area contributed by atoms with Crippen molar-refractivity contribution in [3.63, 3.8) is 0 Å². The molecule has 1 aromatic rings. The summed E-state index contributed by atoms with van der Waals surface area (Å²) in [4.78, 5) is 25.1. The van der Waals surface area contributed by atoms with Crippen molar-refractivity contribution < 1.29 is 9.59 Å². The molecule has 1 heterocycles. The Labute approximate surface area is 109 Å². The third-order valence-corrected chi connectivity index (χ3v) is 3.42. The Bertz CT molecular complexity index is 435. The molecule has 0 saturated carbocycles. The fourth-order valence-corrected chi connectivity index (χ4v) is 2.32. The van der Waals surface area contributed by atoms with Crippen LogP contribution in [-0.2, 0) is 4.79 Å². The first-order valence-corrected chi connectivity index (χ1v) is 6.47. The molecular formula is C13H14BrNO2. The van der Waals surface area contributed by atoms with Gasteiger partial charge in [-0.25, -0.2) is 0 Å². The van der Waals surface area contributed by atoms with Crippen molar-refractivity contribution in [1.29, 1.82) is 0 Å². The Morgan fingerprint density at radius 2 is 2.00 bits per heavy atom. The number of benzene rings is 1. The Morgan fingerprint density at radius 1 is 1.29 bits per heavy atom. The van der Waals surface area contributed by atoms with Crippen molar-refractivity contribution in [3.05, 3.63) is 34.3 Å². The first-order valence-electron chi connectivity index (χ1n) is 5.68. The molecule has 3 nitrogen and oxygen atoms in total. The van der Waals surface area contributed by atoms with E-state index in [1.807, 2.05) is 29.2 Å². The molecule has 1 saturated heterocycles. The minimum Gasteiger partial charge on any atom is -0.300 e. The Morgan fingerprint density at radius 3 is 2.65 bits per heavy atom. The van der Waals surface area contributed by atoms with E-state index >= 15 is 0 Å². The molecule has 17 heavy (non-hydrogen) atoms. The van der Waals surface area contributed by atoms with Crippen molar-refractivity contribution in [1.82, 2.24) is 4.90 Å². The summed E-state index contributed by atoms with van der Waals surface area (Å²) in [5.41, 5.74) is 0.719. The third kappa shape index (κ3) is 3.48. The molecule has 90 valence electrons. The normalized spacial score (nSPS) is 17.1. The predicted octanol–water partition coefficient (Wildman–Crippen LogP) is 2.30. The Hall–Kier alpha value is -1.000. The molecule has 2 rings (SSSR count). The lowest BCUT2D eigenvalue weighted by molar-refractivity contribution is -0.121. The number of halogens is 1. The topological polar surface area (TPSA) is 37.4 Å². The summed E-state index contributed by atoms with van der Waals surface area (Å²) >= 11 is 3.35. The van der Waals surface area contributed by atoms with Crippen LogP contribution in [-0.4, -0.2) is 36.1 Å². The molecule has 4 heteroatoms. The molecule has 0 amide bonds. The zero-order valence-corrected chi connectivity index (χ0v) is 11.1. The minimum absolute atomic E-state index is 0.112. The molecule has 0 radical (unpaired) electrons. The van der Waals surface area contributed by atoms with Crippen molar-refractivity contribution in [2.75, 3.05) is 19.6 Å². The molecule has 0 aromatic heterocycles. The smallest absolute Gasteiger partial charge is 0.176 e. The number of hydrogen-bond donors (Lipinski definition) is 0. The van der Waals surface area contributed by atoms with Crippen LogP contribution < -0.4 is 0 Å². The van der Waals surface area contributed by atoms with Crippen LogP contribution in [0.15, 0.2) is 28.7 Å². The molecule has 0 N–H and O–H groups in total. The van der Waals surface area contributed by atoms with Gasteiger partial charge in [0.1, 0.15) is 5.78 Å². The second-order valence-electron chi connectivity index (χ2n) is 4.25. The lowest BCUT2D eigenvalue weighted by Gasteiger charge is -2.24. The van der Waals surface area contributed by atoms with Crippen LogP contribution in [0, 0.1) is 0 Å². The van der Waals surface area contributed by atoms with Crippen LogP contribution in [0.5, 0.6) is 0 Å².